The molecule has 0 fully saturated rings. The molecule has 6 rings (SSSR count). The molecule has 0 amide bonds. The summed E-state index contributed by atoms with van der Waals surface area (Å²) in [5.41, 5.74) is 6.34. The molecule has 63 heavy (non-hydrogen) atoms. The van der Waals surface area contributed by atoms with Crippen molar-refractivity contribution in [3.05, 3.63) is 151 Å². The Morgan fingerprint density at radius 3 is 1.43 bits per heavy atom. The molecule has 0 aliphatic carbocycles. The van der Waals surface area contributed by atoms with E-state index < -0.39 is 14.4 Å². The van der Waals surface area contributed by atoms with Gasteiger partial charge in [0.2, 0.25) is 34.9 Å². The van der Waals surface area contributed by atoms with Crippen molar-refractivity contribution in [2.45, 2.75) is 77.7 Å². The van der Waals surface area contributed by atoms with Gasteiger partial charge in [0.05, 0.1) is 36.3 Å². The van der Waals surface area contributed by atoms with Crippen molar-refractivity contribution < 1.29 is 18.4 Å². The van der Waals surface area contributed by atoms with Gasteiger partial charge >= 0.3 is 0 Å². The molecular formula is C46H46Cl2N10O4Si. The zero-order chi connectivity index (χ0) is 45.9. The first-order valence-corrected chi connectivity index (χ1v) is 23.4. The van der Waals surface area contributed by atoms with Crippen LogP contribution in [0.25, 0.3) is 42.3 Å². The SMILES string of the molecule is [C-]#[N+]c1ccc(-c2nnc([C@@H](CCO)Nc3ccc([N+]#[C-])c(Cl)c3C)o2)cc1.[C-]#[N+]c1ccc(-c2nnc([C@@H](CCO[Si](C)(C)C(C)(C)C)Nc3ccc([N+]#[C-])c(Cl)c3C)o2)cc1. The molecule has 0 saturated carbocycles. The van der Waals surface area contributed by atoms with Crippen LogP contribution in [0.2, 0.25) is 28.2 Å². The second kappa shape index (κ2) is 21.0. The Balaban J connectivity index is 0.000000243. The van der Waals surface area contributed by atoms with Gasteiger partial charge in [-0.1, -0.05) is 105 Å². The van der Waals surface area contributed by atoms with E-state index >= 15 is 0 Å². The van der Waals surface area contributed by atoms with Crippen LogP contribution < -0.4 is 10.6 Å². The summed E-state index contributed by atoms with van der Waals surface area (Å²) in [6.07, 6.45) is 0.951. The van der Waals surface area contributed by atoms with Gasteiger partial charge in [0.25, 0.3) is 0 Å². The molecule has 0 unspecified atom stereocenters. The van der Waals surface area contributed by atoms with Crippen LogP contribution in [-0.4, -0.2) is 47.0 Å². The highest BCUT2D eigenvalue weighted by Gasteiger charge is 2.37. The molecule has 2 aromatic heterocycles. The highest BCUT2D eigenvalue weighted by Crippen LogP contribution is 2.39. The van der Waals surface area contributed by atoms with Gasteiger partial charge in [-0.15, -0.1) is 20.4 Å². The Bertz CT molecular complexity index is 2700. The summed E-state index contributed by atoms with van der Waals surface area (Å²) in [7, 11) is -1.93. The van der Waals surface area contributed by atoms with Gasteiger partial charge in [0, 0.05) is 35.7 Å². The van der Waals surface area contributed by atoms with Crippen LogP contribution in [0.5, 0.6) is 0 Å². The van der Waals surface area contributed by atoms with Gasteiger partial charge in [0.1, 0.15) is 12.1 Å². The molecule has 14 nitrogen and oxygen atoms in total. The zero-order valence-electron chi connectivity index (χ0n) is 35.9. The Morgan fingerprint density at radius 1 is 0.651 bits per heavy atom. The van der Waals surface area contributed by atoms with Gasteiger partial charge in [0.15, 0.2) is 19.7 Å². The molecule has 322 valence electrons. The van der Waals surface area contributed by atoms with E-state index in [1.165, 1.54) is 0 Å². The van der Waals surface area contributed by atoms with Gasteiger partial charge in [-0.05, 0) is 68.1 Å². The van der Waals surface area contributed by atoms with E-state index in [9.17, 15) is 5.11 Å². The number of aromatic nitrogens is 4. The topological polar surface area (TPSA) is 149 Å². The van der Waals surface area contributed by atoms with Crippen LogP contribution in [0.15, 0.2) is 81.6 Å². The summed E-state index contributed by atoms with van der Waals surface area (Å²) in [6.45, 7) is 43.8. The standard InChI is InChI=1S/C26H30ClN5O2Si.C20H16ClN5O2/c1-17-20(13-14-21(29-6)23(17)27)30-22(15-16-33-35(7,8)26(2,3)4)25-32-31-24(34-25)18-9-11-19(28-5)12-10-18;1-12-15(8-9-16(23-3)18(12)21)24-17(10-11-27)20-26-25-19(28-20)13-4-6-14(22-2)7-5-13/h9-14,22,30H,15-16H2,1-4,7-8H3;4-9,17,24,27H,10-11H2,1H3/t22-;17-/m11/s1. The quantitative estimate of drug-likeness (QED) is 0.0712. The van der Waals surface area contributed by atoms with Crippen LogP contribution >= 0.6 is 23.2 Å². The number of hydrogen-bond acceptors (Lipinski definition) is 10. The number of aliphatic hydroxyl groups is 1. The Morgan fingerprint density at radius 2 is 1.06 bits per heavy atom. The lowest BCUT2D eigenvalue weighted by atomic mass is 10.1. The highest BCUT2D eigenvalue weighted by atomic mass is 35.5. The average molecular weight is 902 g/mol. The lowest BCUT2D eigenvalue weighted by Gasteiger charge is -2.36. The van der Waals surface area contributed by atoms with E-state index in [-0.39, 0.29) is 17.7 Å². The third-order valence-electron chi connectivity index (χ3n) is 10.7. The lowest BCUT2D eigenvalue weighted by molar-refractivity contribution is 0.268. The maximum absolute atomic E-state index is 9.44. The van der Waals surface area contributed by atoms with Crippen LogP contribution in [0.1, 0.15) is 68.6 Å². The fraction of sp³-hybridized carbons (Fsp3) is 0.304. The molecule has 0 radical (unpaired) electrons. The Kier molecular flexibility index (Phi) is 15.8. The van der Waals surface area contributed by atoms with Gasteiger partial charge in [-0.2, -0.15) is 0 Å². The van der Waals surface area contributed by atoms with Crippen molar-refractivity contribution in [1.82, 2.24) is 20.4 Å². The molecule has 3 N–H and O–H groups in total. The smallest absolute Gasteiger partial charge is 0.247 e. The number of halogens is 2. The molecule has 0 saturated heterocycles. The van der Waals surface area contributed by atoms with Crippen molar-refractivity contribution in [3.8, 4) is 22.9 Å². The highest BCUT2D eigenvalue weighted by molar-refractivity contribution is 6.74. The van der Waals surface area contributed by atoms with Gasteiger partial charge < -0.3 is 29.0 Å². The summed E-state index contributed by atoms with van der Waals surface area (Å²) in [5, 5.41) is 33.8. The normalized spacial score (nSPS) is 12.1. The second-order valence-corrected chi connectivity index (χ2v) is 21.4. The Hall–Kier alpha value is -6.56. The first-order valence-electron chi connectivity index (χ1n) is 19.8. The Labute approximate surface area is 378 Å². The molecule has 0 aliphatic heterocycles. The number of rotatable bonds is 14. The summed E-state index contributed by atoms with van der Waals surface area (Å²) < 4.78 is 18.3. The van der Waals surface area contributed by atoms with E-state index in [4.69, 9.17) is 62.8 Å². The third kappa shape index (κ3) is 11.7. The molecule has 2 heterocycles. The van der Waals surface area contributed by atoms with Crippen LogP contribution in [0, 0.1) is 40.1 Å². The monoisotopic (exact) mass is 900 g/mol. The minimum Gasteiger partial charge on any atom is -0.418 e. The number of hydrogen-bond donors (Lipinski definition) is 3. The fourth-order valence-corrected chi connectivity index (χ4v) is 7.31. The first-order chi connectivity index (χ1) is 30.0. The summed E-state index contributed by atoms with van der Waals surface area (Å²) >= 11 is 12.6. The van der Waals surface area contributed by atoms with Crippen LogP contribution in [0.3, 0.4) is 0 Å². The average Bonchev–Trinajstić information content (AvgIpc) is 3.98. The van der Waals surface area contributed by atoms with E-state index in [1.807, 2.05) is 19.9 Å². The lowest BCUT2D eigenvalue weighted by Crippen LogP contribution is -2.41. The number of nitrogens with one attached hydrogen (secondary N) is 2. The van der Waals surface area contributed by atoms with Crippen molar-refractivity contribution in [1.29, 1.82) is 0 Å². The minimum atomic E-state index is -1.93. The zero-order valence-corrected chi connectivity index (χ0v) is 38.4. The summed E-state index contributed by atoms with van der Waals surface area (Å²) in [5.74, 6) is 1.46. The predicted octanol–water partition coefficient (Wildman–Crippen LogP) is 13.7. The van der Waals surface area contributed by atoms with Gasteiger partial charge in [-0.25, -0.2) is 19.4 Å². The van der Waals surface area contributed by atoms with Crippen LogP contribution in [0.4, 0.5) is 34.1 Å². The van der Waals surface area contributed by atoms with E-state index in [2.05, 4.69) is 84.3 Å². The number of anilines is 2. The van der Waals surface area contributed by atoms with Gasteiger partial charge in [-0.3, -0.25) is 0 Å². The molecule has 17 heteroatoms. The molecular weight excluding hydrogens is 856 g/mol. The third-order valence-corrected chi connectivity index (χ3v) is 16.2. The maximum Gasteiger partial charge on any atom is 0.247 e. The van der Waals surface area contributed by atoms with Crippen molar-refractivity contribution >= 4 is 65.6 Å². The summed E-state index contributed by atoms with van der Waals surface area (Å²) in [4.78, 5) is 13.6. The molecule has 2 atom stereocenters. The van der Waals surface area contributed by atoms with E-state index in [0.717, 1.165) is 28.1 Å². The first kappa shape index (κ1) is 47.5. The number of benzene rings is 4. The number of aliphatic hydroxyl groups excluding tert-OH is 1. The fourth-order valence-electron chi connectivity index (χ4n) is 5.84. The maximum atomic E-state index is 9.44. The molecule has 0 spiro atoms. The van der Waals surface area contributed by atoms with Crippen molar-refractivity contribution in [3.63, 3.8) is 0 Å². The van der Waals surface area contributed by atoms with E-state index in [1.54, 1.807) is 66.7 Å². The molecule has 4 aromatic carbocycles. The molecule has 0 bridgehead atoms. The minimum absolute atomic E-state index is 0.0814. The largest absolute Gasteiger partial charge is 0.418 e. The molecule has 0 aliphatic rings. The summed E-state index contributed by atoms with van der Waals surface area (Å²) in [6, 6.07) is 20.1. The van der Waals surface area contributed by atoms with Crippen molar-refractivity contribution in [2.24, 2.45) is 0 Å². The predicted molar refractivity (Wildman–Crippen MR) is 249 cm³/mol. The molecule has 6 aromatic rings. The van der Waals surface area contributed by atoms with Crippen LogP contribution in [-0.2, 0) is 4.43 Å². The number of nitrogens with zero attached hydrogens (tertiary/aromatic N) is 8. The van der Waals surface area contributed by atoms with E-state index in [0.29, 0.717) is 81.4 Å². The second-order valence-electron chi connectivity index (χ2n) is 15.9. The van der Waals surface area contributed by atoms with Crippen molar-refractivity contribution in [2.75, 3.05) is 23.8 Å².